The van der Waals surface area contributed by atoms with E-state index in [1.807, 2.05) is 54.6 Å². The lowest BCUT2D eigenvalue weighted by atomic mass is 10.2. The molecule has 0 aliphatic carbocycles. The first kappa shape index (κ1) is 17.1. The first-order chi connectivity index (χ1) is 13.4. The highest BCUT2D eigenvalue weighted by Crippen LogP contribution is 2.19. The minimum absolute atomic E-state index is 0.679. The molecular formula is C24H22N2O. The third-order valence-electron chi connectivity index (χ3n) is 4.45. The van der Waals surface area contributed by atoms with Crippen LogP contribution in [0, 0.1) is 0 Å². The number of benzene rings is 3. The Hall–Kier alpha value is -3.33. The van der Waals surface area contributed by atoms with Gasteiger partial charge in [0, 0.05) is 6.54 Å². The van der Waals surface area contributed by atoms with E-state index in [1.165, 1.54) is 5.56 Å². The molecule has 0 atom stereocenters. The smallest absolute Gasteiger partial charge is 0.133 e. The summed E-state index contributed by atoms with van der Waals surface area (Å²) in [5, 5.41) is 0. The number of hydrogen-bond acceptors (Lipinski definition) is 2. The lowest BCUT2D eigenvalue weighted by Gasteiger charge is -2.09. The maximum Gasteiger partial charge on any atom is 0.133 e. The van der Waals surface area contributed by atoms with Gasteiger partial charge < -0.3 is 9.30 Å². The number of imidazole rings is 1. The molecule has 3 heteroatoms. The molecule has 0 fully saturated rings. The van der Waals surface area contributed by atoms with Gasteiger partial charge >= 0.3 is 0 Å². The average molecular weight is 354 g/mol. The van der Waals surface area contributed by atoms with E-state index >= 15 is 0 Å². The zero-order valence-electron chi connectivity index (χ0n) is 15.2. The van der Waals surface area contributed by atoms with Crippen molar-refractivity contribution in [2.45, 2.75) is 13.0 Å². The van der Waals surface area contributed by atoms with Crippen LogP contribution in [0.1, 0.15) is 17.8 Å². The standard InChI is InChI=1S/C24H22N2O/c1-3-10-20(11-4-1)16-17-24-25-22-14-7-8-15-23(22)26(24)18-9-19-27-21-12-5-2-6-13-21/h1-8,10-17H,9,18-19H2. The Morgan fingerprint density at radius 1 is 0.778 bits per heavy atom. The Kier molecular flexibility index (Phi) is 5.30. The average Bonchev–Trinajstić information content (AvgIpc) is 3.09. The fourth-order valence-electron chi connectivity index (χ4n) is 3.12. The van der Waals surface area contributed by atoms with E-state index in [0.29, 0.717) is 6.61 Å². The Morgan fingerprint density at radius 3 is 2.30 bits per heavy atom. The molecule has 0 saturated heterocycles. The summed E-state index contributed by atoms with van der Waals surface area (Å²) >= 11 is 0. The quantitative estimate of drug-likeness (QED) is 0.400. The van der Waals surface area contributed by atoms with Crippen LogP contribution in [0.2, 0.25) is 0 Å². The molecule has 3 aromatic carbocycles. The van der Waals surface area contributed by atoms with E-state index in [9.17, 15) is 0 Å². The second-order valence-electron chi connectivity index (χ2n) is 6.37. The van der Waals surface area contributed by atoms with Crippen molar-refractivity contribution in [3.8, 4) is 5.75 Å². The van der Waals surface area contributed by atoms with Crippen molar-refractivity contribution < 1.29 is 4.74 Å². The van der Waals surface area contributed by atoms with Gasteiger partial charge in [0.15, 0.2) is 0 Å². The molecule has 1 aromatic heterocycles. The summed E-state index contributed by atoms with van der Waals surface area (Å²) in [6.45, 7) is 1.54. The molecule has 27 heavy (non-hydrogen) atoms. The molecule has 0 spiro atoms. The van der Waals surface area contributed by atoms with Crippen molar-refractivity contribution in [3.63, 3.8) is 0 Å². The van der Waals surface area contributed by atoms with E-state index < -0.39 is 0 Å². The largest absolute Gasteiger partial charge is 0.494 e. The highest BCUT2D eigenvalue weighted by atomic mass is 16.5. The molecule has 0 radical (unpaired) electrons. The van der Waals surface area contributed by atoms with Gasteiger partial charge in [-0.05, 0) is 42.3 Å². The molecule has 1 heterocycles. The van der Waals surface area contributed by atoms with Gasteiger partial charge in [-0.2, -0.15) is 0 Å². The molecule has 0 saturated carbocycles. The lowest BCUT2D eigenvalue weighted by Crippen LogP contribution is -2.06. The SMILES string of the molecule is C(=Cc1nc2ccccc2n1CCCOc1ccccc1)c1ccccc1. The summed E-state index contributed by atoms with van der Waals surface area (Å²) in [6, 6.07) is 28.5. The van der Waals surface area contributed by atoms with E-state index in [4.69, 9.17) is 9.72 Å². The number of rotatable bonds is 7. The van der Waals surface area contributed by atoms with Gasteiger partial charge in [0.1, 0.15) is 11.6 Å². The number of hydrogen-bond donors (Lipinski definition) is 0. The molecule has 0 N–H and O–H groups in total. The number of aromatic nitrogens is 2. The van der Waals surface area contributed by atoms with Crippen molar-refractivity contribution in [3.05, 3.63) is 96.3 Å². The van der Waals surface area contributed by atoms with Crippen LogP contribution < -0.4 is 4.74 Å². The molecule has 4 rings (SSSR count). The van der Waals surface area contributed by atoms with Crippen LogP contribution in [-0.4, -0.2) is 16.2 Å². The summed E-state index contributed by atoms with van der Waals surface area (Å²) in [4.78, 5) is 4.80. The van der Waals surface area contributed by atoms with Gasteiger partial charge in [-0.15, -0.1) is 0 Å². The zero-order valence-corrected chi connectivity index (χ0v) is 15.2. The Labute approximate surface area is 159 Å². The Bertz CT molecular complexity index is 1020. The van der Waals surface area contributed by atoms with Crippen LogP contribution in [-0.2, 0) is 6.54 Å². The summed E-state index contributed by atoms with van der Waals surface area (Å²) in [7, 11) is 0. The summed E-state index contributed by atoms with van der Waals surface area (Å²) in [5.41, 5.74) is 3.35. The molecular weight excluding hydrogens is 332 g/mol. The molecule has 3 nitrogen and oxygen atoms in total. The Balaban J connectivity index is 1.50. The zero-order chi connectivity index (χ0) is 18.3. The maximum atomic E-state index is 5.83. The van der Waals surface area contributed by atoms with Crippen LogP contribution in [0.25, 0.3) is 23.2 Å². The van der Waals surface area contributed by atoms with E-state index in [1.54, 1.807) is 0 Å². The first-order valence-electron chi connectivity index (χ1n) is 9.26. The molecule has 0 unspecified atom stereocenters. The van der Waals surface area contributed by atoms with Gasteiger partial charge in [-0.3, -0.25) is 0 Å². The van der Waals surface area contributed by atoms with E-state index in [0.717, 1.165) is 35.6 Å². The number of para-hydroxylation sites is 3. The molecule has 0 bridgehead atoms. The minimum atomic E-state index is 0.679. The predicted octanol–water partition coefficient (Wildman–Crippen LogP) is 5.68. The highest BCUT2D eigenvalue weighted by molar-refractivity contribution is 5.79. The first-order valence-corrected chi connectivity index (χ1v) is 9.26. The van der Waals surface area contributed by atoms with Crippen LogP contribution >= 0.6 is 0 Å². The topological polar surface area (TPSA) is 27.1 Å². The fraction of sp³-hybridized carbons (Fsp3) is 0.125. The van der Waals surface area contributed by atoms with Crippen LogP contribution in [0.3, 0.4) is 0 Å². The van der Waals surface area contributed by atoms with E-state index in [2.05, 4.69) is 47.1 Å². The second-order valence-corrected chi connectivity index (χ2v) is 6.37. The fourth-order valence-corrected chi connectivity index (χ4v) is 3.12. The van der Waals surface area contributed by atoms with Crippen LogP contribution in [0.4, 0.5) is 0 Å². The third-order valence-corrected chi connectivity index (χ3v) is 4.45. The minimum Gasteiger partial charge on any atom is -0.494 e. The molecule has 4 aromatic rings. The van der Waals surface area contributed by atoms with Gasteiger partial charge in [-0.25, -0.2) is 4.98 Å². The van der Waals surface area contributed by atoms with Crippen molar-refractivity contribution in [1.29, 1.82) is 0 Å². The molecule has 134 valence electrons. The maximum absolute atomic E-state index is 5.83. The number of aryl methyl sites for hydroxylation is 1. The highest BCUT2D eigenvalue weighted by Gasteiger charge is 2.08. The van der Waals surface area contributed by atoms with Crippen molar-refractivity contribution in [1.82, 2.24) is 9.55 Å². The normalized spacial score (nSPS) is 11.3. The number of nitrogens with zero attached hydrogens (tertiary/aromatic N) is 2. The Morgan fingerprint density at radius 2 is 1.48 bits per heavy atom. The summed E-state index contributed by atoms with van der Waals surface area (Å²) < 4.78 is 8.10. The predicted molar refractivity (Wildman–Crippen MR) is 112 cm³/mol. The molecule has 0 amide bonds. The van der Waals surface area contributed by atoms with Gasteiger partial charge in [0.05, 0.1) is 17.6 Å². The lowest BCUT2D eigenvalue weighted by molar-refractivity contribution is 0.302. The molecule has 0 aliphatic rings. The molecule has 0 aliphatic heterocycles. The second kappa shape index (κ2) is 8.37. The number of fused-ring (bicyclic) bond motifs is 1. The van der Waals surface area contributed by atoms with Crippen LogP contribution in [0.15, 0.2) is 84.9 Å². The van der Waals surface area contributed by atoms with Crippen molar-refractivity contribution in [2.75, 3.05) is 6.61 Å². The van der Waals surface area contributed by atoms with Gasteiger partial charge in [-0.1, -0.05) is 66.7 Å². The van der Waals surface area contributed by atoms with Gasteiger partial charge in [0.2, 0.25) is 0 Å². The van der Waals surface area contributed by atoms with E-state index in [-0.39, 0.29) is 0 Å². The third kappa shape index (κ3) is 4.26. The van der Waals surface area contributed by atoms with Crippen LogP contribution in [0.5, 0.6) is 5.75 Å². The summed E-state index contributed by atoms with van der Waals surface area (Å²) in [5.74, 6) is 1.89. The van der Waals surface area contributed by atoms with Gasteiger partial charge in [0.25, 0.3) is 0 Å². The van der Waals surface area contributed by atoms with Crippen molar-refractivity contribution in [2.24, 2.45) is 0 Å². The number of ether oxygens (including phenoxy) is 1. The monoisotopic (exact) mass is 354 g/mol. The van der Waals surface area contributed by atoms with Crippen molar-refractivity contribution >= 4 is 23.2 Å². The summed E-state index contributed by atoms with van der Waals surface area (Å²) in [6.07, 6.45) is 5.12.